The average molecular weight is 298 g/mol. The molecule has 0 bridgehead atoms. The number of carbonyl (C=O) groups excluding carboxylic acids is 1. The van der Waals surface area contributed by atoms with E-state index in [0.29, 0.717) is 30.1 Å². The molecule has 21 heavy (non-hydrogen) atoms. The van der Waals surface area contributed by atoms with Gasteiger partial charge in [0.2, 0.25) is 5.75 Å². The molecule has 6 heteroatoms. The number of aryl methyl sites for hydroxylation is 1. The lowest BCUT2D eigenvalue weighted by Gasteiger charge is -2.16. The number of hydrogen-bond donors (Lipinski definition) is 1. The third-order valence-corrected chi connectivity index (χ3v) is 3.16. The van der Waals surface area contributed by atoms with E-state index in [4.69, 9.17) is 14.2 Å². The van der Waals surface area contributed by atoms with Crippen molar-refractivity contribution in [3.63, 3.8) is 0 Å². The molecule has 0 aromatic heterocycles. The fraction of sp³-hybridized carbons (Fsp3) is 0.533. The zero-order valence-corrected chi connectivity index (χ0v) is 12.8. The molecule has 0 aliphatic carbocycles. The molecule has 1 aromatic carbocycles. The highest BCUT2D eigenvalue weighted by Gasteiger charge is 2.17. The molecule has 0 radical (unpaired) electrons. The Balaban J connectivity index is 2.81. The maximum absolute atomic E-state index is 11.1. The summed E-state index contributed by atoms with van der Waals surface area (Å²) in [5.41, 5.74) is 0.874. The molecule has 1 aromatic rings. The van der Waals surface area contributed by atoms with Crippen LogP contribution in [0.4, 0.5) is 0 Å². The summed E-state index contributed by atoms with van der Waals surface area (Å²) < 4.78 is 20.4. The van der Waals surface area contributed by atoms with Crippen LogP contribution >= 0.6 is 0 Å². The minimum atomic E-state index is -0.754. The molecule has 0 heterocycles. The van der Waals surface area contributed by atoms with E-state index < -0.39 is 12.1 Å². The van der Waals surface area contributed by atoms with E-state index >= 15 is 0 Å². The first-order chi connectivity index (χ1) is 10.1. The third-order valence-electron chi connectivity index (χ3n) is 3.16. The molecule has 0 aliphatic rings. The van der Waals surface area contributed by atoms with Crippen LogP contribution in [0, 0.1) is 0 Å². The summed E-state index contributed by atoms with van der Waals surface area (Å²) in [6, 6.07) is 3.63. The van der Waals surface area contributed by atoms with Gasteiger partial charge in [0.15, 0.2) is 11.5 Å². The highest BCUT2D eigenvalue weighted by molar-refractivity contribution is 5.69. The van der Waals surface area contributed by atoms with Crippen LogP contribution in [0.3, 0.4) is 0 Å². The predicted octanol–water partition coefficient (Wildman–Crippen LogP) is 1.57. The SMILES string of the molecule is COC(=O)CC(O)CCc1ccc(OC)c(OC)c1OC. The summed E-state index contributed by atoms with van der Waals surface area (Å²) in [7, 11) is 5.94. The Labute approximate surface area is 124 Å². The molecule has 118 valence electrons. The Morgan fingerprint density at radius 3 is 2.29 bits per heavy atom. The summed E-state index contributed by atoms with van der Waals surface area (Å²) in [6.45, 7) is 0. The molecule has 0 saturated carbocycles. The van der Waals surface area contributed by atoms with Gasteiger partial charge in [-0.15, -0.1) is 0 Å². The van der Waals surface area contributed by atoms with Crippen molar-refractivity contribution in [2.45, 2.75) is 25.4 Å². The zero-order valence-electron chi connectivity index (χ0n) is 12.8. The van der Waals surface area contributed by atoms with Gasteiger partial charge in [-0.1, -0.05) is 6.07 Å². The normalized spacial score (nSPS) is 11.7. The highest BCUT2D eigenvalue weighted by Crippen LogP contribution is 2.40. The van der Waals surface area contributed by atoms with Gasteiger partial charge in [0.25, 0.3) is 0 Å². The van der Waals surface area contributed by atoms with Gasteiger partial charge < -0.3 is 24.1 Å². The quantitative estimate of drug-likeness (QED) is 0.734. The van der Waals surface area contributed by atoms with Crippen LogP contribution in [0.5, 0.6) is 17.2 Å². The molecular formula is C15H22O6. The number of ether oxygens (including phenoxy) is 4. The van der Waals surface area contributed by atoms with Gasteiger partial charge in [0, 0.05) is 0 Å². The number of aliphatic hydroxyl groups excluding tert-OH is 1. The van der Waals surface area contributed by atoms with Crippen LogP contribution in [0.25, 0.3) is 0 Å². The van der Waals surface area contributed by atoms with E-state index in [1.165, 1.54) is 14.2 Å². The number of benzene rings is 1. The van der Waals surface area contributed by atoms with E-state index in [2.05, 4.69) is 4.74 Å². The van der Waals surface area contributed by atoms with Crippen LogP contribution in [0.1, 0.15) is 18.4 Å². The number of rotatable bonds is 8. The van der Waals surface area contributed by atoms with Gasteiger partial charge in [-0.3, -0.25) is 4.79 Å². The second-order valence-corrected chi connectivity index (χ2v) is 4.47. The summed E-state index contributed by atoms with van der Waals surface area (Å²) in [4.78, 5) is 11.1. The maximum atomic E-state index is 11.1. The fourth-order valence-corrected chi connectivity index (χ4v) is 2.06. The lowest BCUT2D eigenvalue weighted by atomic mass is 10.0. The predicted molar refractivity (Wildman–Crippen MR) is 77.1 cm³/mol. The van der Waals surface area contributed by atoms with E-state index in [9.17, 15) is 9.90 Å². The topological polar surface area (TPSA) is 74.2 Å². The minimum absolute atomic E-state index is 0.0217. The van der Waals surface area contributed by atoms with Gasteiger partial charge >= 0.3 is 5.97 Å². The average Bonchev–Trinajstić information content (AvgIpc) is 2.51. The van der Waals surface area contributed by atoms with Crippen molar-refractivity contribution in [2.75, 3.05) is 28.4 Å². The van der Waals surface area contributed by atoms with Crippen molar-refractivity contribution < 1.29 is 28.8 Å². The second kappa shape index (κ2) is 8.36. The number of aliphatic hydroxyl groups is 1. The molecule has 1 rings (SSSR count). The smallest absolute Gasteiger partial charge is 0.308 e. The van der Waals surface area contributed by atoms with Crippen molar-refractivity contribution in [1.82, 2.24) is 0 Å². The van der Waals surface area contributed by atoms with Gasteiger partial charge in [-0.2, -0.15) is 0 Å². The number of hydrogen-bond acceptors (Lipinski definition) is 6. The molecule has 6 nitrogen and oxygen atoms in total. The summed E-state index contributed by atoms with van der Waals surface area (Å²) in [6.07, 6.45) is 0.185. The van der Waals surface area contributed by atoms with E-state index in [0.717, 1.165) is 5.56 Å². The van der Waals surface area contributed by atoms with Crippen molar-refractivity contribution in [1.29, 1.82) is 0 Å². The summed E-state index contributed by atoms with van der Waals surface area (Å²) >= 11 is 0. The van der Waals surface area contributed by atoms with E-state index in [-0.39, 0.29) is 6.42 Å². The molecule has 0 saturated heterocycles. The first kappa shape index (κ1) is 17.1. The number of esters is 1. The standard InChI is InChI=1S/C15H22O6/c1-18-12-8-6-10(14(20-3)15(12)21-4)5-7-11(16)9-13(17)19-2/h6,8,11,16H,5,7,9H2,1-4H3. The Morgan fingerprint density at radius 2 is 1.76 bits per heavy atom. The highest BCUT2D eigenvalue weighted by atomic mass is 16.5. The van der Waals surface area contributed by atoms with Crippen LogP contribution in [-0.4, -0.2) is 45.6 Å². The van der Waals surface area contributed by atoms with Gasteiger partial charge in [0.1, 0.15) is 0 Å². The molecule has 0 spiro atoms. The lowest BCUT2D eigenvalue weighted by molar-refractivity contribution is -0.142. The summed E-state index contributed by atoms with van der Waals surface area (Å²) in [5.74, 6) is 1.23. The van der Waals surface area contributed by atoms with Crippen LogP contribution in [0.2, 0.25) is 0 Å². The zero-order chi connectivity index (χ0) is 15.8. The Hall–Kier alpha value is -1.95. The van der Waals surface area contributed by atoms with Crippen LogP contribution in [-0.2, 0) is 16.0 Å². The van der Waals surface area contributed by atoms with Crippen molar-refractivity contribution >= 4 is 5.97 Å². The van der Waals surface area contributed by atoms with Gasteiger partial charge in [-0.25, -0.2) is 0 Å². The molecular weight excluding hydrogens is 276 g/mol. The lowest BCUT2D eigenvalue weighted by Crippen LogP contribution is -2.15. The fourth-order valence-electron chi connectivity index (χ4n) is 2.06. The first-order valence-electron chi connectivity index (χ1n) is 6.60. The minimum Gasteiger partial charge on any atom is -0.493 e. The largest absolute Gasteiger partial charge is 0.493 e. The molecule has 1 atom stereocenters. The summed E-state index contributed by atoms with van der Waals surface area (Å²) in [5, 5.41) is 9.81. The Morgan fingerprint density at radius 1 is 1.10 bits per heavy atom. The second-order valence-electron chi connectivity index (χ2n) is 4.47. The van der Waals surface area contributed by atoms with Gasteiger partial charge in [0.05, 0.1) is 41.0 Å². The van der Waals surface area contributed by atoms with E-state index in [1.807, 2.05) is 6.07 Å². The molecule has 0 amide bonds. The molecule has 1 unspecified atom stereocenters. The number of methoxy groups -OCH3 is 4. The molecule has 1 N–H and O–H groups in total. The van der Waals surface area contributed by atoms with Gasteiger partial charge in [-0.05, 0) is 24.5 Å². The third kappa shape index (κ3) is 4.53. The molecule has 0 fully saturated rings. The van der Waals surface area contributed by atoms with Crippen LogP contribution in [0.15, 0.2) is 12.1 Å². The maximum Gasteiger partial charge on any atom is 0.308 e. The molecule has 0 aliphatic heterocycles. The van der Waals surface area contributed by atoms with Crippen molar-refractivity contribution in [3.05, 3.63) is 17.7 Å². The van der Waals surface area contributed by atoms with Crippen LogP contribution < -0.4 is 14.2 Å². The van der Waals surface area contributed by atoms with Crippen molar-refractivity contribution in [3.8, 4) is 17.2 Å². The monoisotopic (exact) mass is 298 g/mol. The van der Waals surface area contributed by atoms with Crippen molar-refractivity contribution in [2.24, 2.45) is 0 Å². The van der Waals surface area contributed by atoms with E-state index in [1.54, 1.807) is 20.3 Å². The Bertz CT molecular complexity index is 471. The Kier molecular flexibility index (Phi) is 6.81. The first-order valence-corrected chi connectivity index (χ1v) is 6.60. The number of carbonyl (C=O) groups is 1.